The Labute approximate surface area is 114 Å². The predicted octanol–water partition coefficient (Wildman–Crippen LogP) is 2.42. The van der Waals surface area contributed by atoms with Gasteiger partial charge in [0.2, 0.25) is 5.95 Å². The summed E-state index contributed by atoms with van der Waals surface area (Å²) in [5, 5.41) is 0.419. The van der Waals surface area contributed by atoms with Gasteiger partial charge >= 0.3 is 0 Å². The van der Waals surface area contributed by atoms with Crippen molar-refractivity contribution >= 4 is 16.9 Å². The van der Waals surface area contributed by atoms with Gasteiger partial charge < -0.3 is 5.73 Å². The normalized spacial score (nSPS) is 10.9. The summed E-state index contributed by atoms with van der Waals surface area (Å²) in [7, 11) is 0. The molecule has 0 saturated carbocycles. The summed E-state index contributed by atoms with van der Waals surface area (Å²) in [6.45, 7) is 1.88. The number of hydrogen-bond acceptors (Lipinski definition) is 3. The summed E-state index contributed by atoms with van der Waals surface area (Å²) in [6, 6.07) is 11.3. The molecule has 0 unspecified atom stereocenters. The van der Waals surface area contributed by atoms with Gasteiger partial charge in [0.05, 0.1) is 16.6 Å². The molecule has 100 valence electrons. The van der Waals surface area contributed by atoms with Crippen molar-refractivity contribution in [2.24, 2.45) is 0 Å². The lowest BCUT2D eigenvalue weighted by molar-refractivity contribution is 0.616. The number of halogens is 1. The molecule has 20 heavy (non-hydrogen) atoms. The summed E-state index contributed by atoms with van der Waals surface area (Å²) in [5.74, 6) is -0.549. The van der Waals surface area contributed by atoms with E-state index < -0.39 is 5.82 Å². The number of nitrogen functional groups attached to an aromatic ring is 1. The van der Waals surface area contributed by atoms with Crippen molar-refractivity contribution in [2.45, 2.75) is 6.92 Å². The minimum absolute atomic E-state index is 0.0311. The molecule has 0 spiro atoms. The molecule has 5 heteroatoms. The van der Waals surface area contributed by atoms with Crippen LogP contribution in [-0.4, -0.2) is 9.55 Å². The van der Waals surface area contributed by atoms with Gasteiger partial charge in [0.15, 0.2) is 0 Å². The van der Waals surface area contributed by atoms with Crippen molar-refractivity contribution in [2.75, 3.05) is 5.73 Å². The number of hydrogen-bond donors (Lipinski definition) is 1. The Morgan fingerprint density at radius 1 is 1.20 bits per heavy atom. The van der Waals surface area contributed by atoms with Gasteiger partial charge in [0, 0.05) is 0 Å². The number of nitrogens with zero attached hydrogens (tertiary/aromatic N) is 2. The van der Waals surface area contributed by atoms with E-state index in [0.717, 1.165) is 10.1 Å². The monoisotopic (exact) mass is 269 g/mol. The van der Waals surface area contributed by atoms with E-state index in [1.165, 1.54) is 12.1 Å². The van der Waals surface area contributed by atoms with Crippen LogP contribution in [-0.2, 0) is 0 Å². The largest absolute Gasteiger partial charge is 0.369 e. The third-order valence-corrected chi connectivity index (χ3v) is 3.14. The smallest absolute Gasteiger partial charge is 0.267 e. The Morgan fingerprint density at radius 2 is 1.95 bits per heavy atom. The molecule has 1 aromatic heterocycles. The molecule has 3 aromatic rings. The van der Waals surface area contributed by atoms with Gasteiger partial charge in [-0.2, -0.15) is 0 Å². The molecule has 2 aromatic carbocycles. The molecule has 0 radical (unpaired) electrons. The Kier molecular flexibility index (Phi) is 2.75. The topological polar surface area (TPSA) is 60.9 Å². The highest BCUT2D eigenvalue weighted by Gasteiger charge is 2.13. The van der Waals surface area contributed by atoms with Crippen LogP contribution >= 0.6 is 0 Å². The van der Waals surface area contributed by atoms with Crippen LogP contribution < -0.4 is 11.3 Å². The minimum atomic E-state index is -0.518. The van der Waals surface area contributed by atoms with E-state index in [1.807, 2.05) is 13.0 Å². The van der Waals surface area contributed by atoms with Gasteiger partial charge in [-0.05, 0) is 31.2 Å². The maximum atomic E-state index is 13.9. The van der Waals surface area contributed by atoms with Crippen LogP contribution in [0.4, 0.5) is 10.3 Å². The van der Waals surface area contributed by atoms with E-state index >= 15 is 0 Å². The zero-order chi connectivity index (χ0) is 14.3. The molecule has 0 fully saturated rings. The summed E-state index contributed by atoms with van der Waals surface area (Å²) < 4.78 is 15.0. The van der Waals surface area contributed by atoms with Crippen molar-refractivity contribution in [3.63, 3.8) is 0 Å². The third-order valence-electron chi connectivity index (χ3n) is 3.14. The molecule has 0 bridgehead atoms. The lowest BCUT2D eigenvalue weighted by atomic mass is 10.1. The molecule has 0 saturated heterocycles. The number of fused-ring (bicyclic) bond motifs is 1. The molecule has 4 nitrogen and oxygen atoms in total. The van der Waals surface area contributed by atoms with Crippen LogP contribution in [0.1, 0.15) is 5.56 Å². The van der Waals surface area contributed by atoms with Crippen LogP contribution in [0.5, 0.6) is 0 Å². The molecule has 2 N–H and O–H groups in total. The van der Waals surface area contributed by atoms with Crippen molar-refractivity contribution < 1.29 is 4.39 Å². The highest BCUT2D eigenvalue weighted by molar-refractivity contribution is 5.79. The van der Waals surface area contributed by atoms with Gasteiger partial charge in [-0.15, -0.1) is 0 Å². The Balaban J connectivity index is 2.43. The Bertz CT molecular complexity index is 871. The minimum Gasteiger partial charge on any atom is -0.369 e. The quantitative estimate of drug-likeness (QED) is 0.738. The van der Waals surface area contributed by atoms with Crippen LogP contribution in [0.3, 0.4) is 0 Å². The van der Waals surface area contributed by atoms with E-state index in [4.69, 9.17) is 5.73 Å². The molecule has 0 atom stereocenters. The number of para-hydroxylation sites is 1. The number of rotatable bonds is 1. The number of anilines is 1. The van der Waals surface area contributed by atoms with E-state index in [2.05, 4.69) is 4.98 Å². The van der Waals surface area contributed by atoms with Crippen LogP contribution in [0, 0.1) is 12.7 Å². The van der Waals surface area contributed by atoms with Gasteiger partial charge in [0.1, 0.15) is 5.82 Å². The molecule has 1 heterocycles. The number of aromatic nitrogens is 2. The summed E-state index contributed by atoms with van der Waals surface area (Å²) in [4.78, 5) is 16.7. The fourth-order valence-corrected chi connectivity index (χ4v) is 2.18. The van der Waals surface area contributed by atoms with E-state index in [9.17, 15) is 9.18 Å². The summed E-state index contributed by atoms with van der Waals surface area (Å²) >= 11 is 0. The van der Waals surface area contributed by atoms with E-state index in [0.29, 0.717) is 10.9 Å². The van der Waals surface area contributed by atoms with Crippen molar-refractivity contribution in [1.82, 2.24) is 9.55 Å². The summed E-state index contributed by atoms with van der Waals surface area (Å²) in [5.41, 5.74) is 6.98. The van der Waals surface area contributed by atoms with Crippen LogP contribution in [0.15, 0.2) is 47.3 Å². The standard InChI is InChI=1S/C15H12FN3O/c1-9-6-7-12-10(8-9)14(20)19(15(17)18-12)13-5-3-2-4-11(13)16/h2-8H,1H3,(H2,17,18). The fourth-order valence-electron chi connectivity index (χ4n) is 2.18. The first-order valence-corrected chi connectivity index (χ1v) is 6.12. The van der Waals surface area contributed by atoms with Crippen molar-refractivity contribution in [3.8, 4) is 5.69 Å². The van der Waals surface area contributed by atoms with Gasteiger partial charge in [-0.1, -0.05) is 23.8 Å². The first-order valence-electron chi connectivity index (χ1n) is 6.12. The van der Waals surface area contributed by atoms with Crippen molar-refractivity contribution in [1.29, 1.82) is 0 Å². The molecular formula is C15H12FN3O. The van der Waals surface area contributed by atoms with E-state index in [-0.39, 0.29) is 17.2 Å². The second-order valence-electron chi connectivity index (χ2n) is 4.58. The predicted molar refractivity (Wildman–Crippen MR) is 76.4 cm³/mol. The second kappa shape index (κ2) is 4.45. The number of aryl methyl sites for hydroxylation is 1. The SMILES string of the molecule is Cc1ccc2nc(N)n(-c3ccccc3F)c(=O)c2c1. The van der Waals surface area contributed by atoms with Crippen LogP contribution in [0.2, 0.25) is 0 Å². The van der Waals surface area contributed by atoms with Crippen LogP contribution in [0.25, 0.3) is 16.6 Å². The maximum Gasteiger partial charge on any atom is 0.267 e. The number of benzene rings is 2. The Hall–Kier alpha value is -2.69. The van der Waals surface area contributed by atoms with E-state index in [1.54, 1.807) is 24.3 Å². The molecule has 0 amide bonds. The first kappa shape index (κ1) is 12.3. The van der Waals surface area contributed by atoms with Gasteiger partial charge in [-0.25, -0.2) is 13.9 Å². The second-order valence-corrected chi connectivity index (χ2v) is 4.58. The third kappa shape index (κ3) is 1.84. The van der Waals surface area contributed by atoms with Gasteiger partial charge in [0.25, 0.3) is 5.56 Å². The lowest BCUT2D eigenvalue weighted by Gasteiger charge is -2.11. The zero-order valence-electron chi connectivity index (χ0n) is 10.8. The molecule has 3 rings (SSSR count). The first-order chi connectivity index (χ1) is 9.58. The average molecular weight is 269 g/mol. The summed E-state index contributed by atoms with van der Waals surface area (Å²) in [6.07, 6.45) is 0. The number of nitrogens with two attached hydrogens (primary N) is 1. The fraction of sp³-hybridized carbons (Fsp3) is 0.0667. The Morgan fingerprint density at radius 3 is 2.70 bits per heavy atom. The highest BCUT2D eigenvalue weighted by Crippen LogP contribution is 2.17. The van der Waals surface area contributed by atoms with Crippen molar-refractivity contribution in [3.05, 3.63) is 64.2 Å². The molecular weight excluding hydrogens is 257 g/mol. The lowest BCUT2D eigenvalue weighted by Crippen LogP contribution is -2.23. The molecule has 0 aliphatic carbocycles. The zero-order valence-corrected chi connectivity index (χ0v) is 10.8. The molecule has 0 aliphatic rings. The molecule has 0 aliphatic heterocycles. The van der Waals surface area contributed by atoms with Gasteiger partial charge in [-0.3, -0.25) is 4.79 Å². The maximum absolute atomic E-state index is 13.9. The highest BCUT2D eigenvalue weighted by atomic mass is 19.1. The average Bonchev–Trinajstić information content (AvgIpc) is 2.42.